The molecule has 0 radical (unpaired) electrons. The SMILES string of the molecule is CCCCOC(=O)c1ccc(C#Cc2ccccc2)cc1C(=O)O. The van der Waals surface area contributed by atoms with Crippen molar-refractivity contribution in [2.24, 2.45) is 0 Å². The third kappa shape index (κ3) is 4.72. The van der Waals surface area contributed by atoms with Crippen molar-refractivity contribution in [1.29, 1.82) is 0 Å². The molecule has 0 aromatic heterocycles. The van der Waals surface area contributed by atoms with Gasteiger partial charge in [0, 0.05) is 11.1 Å². The van der Waals surface area contributed by atoms with E-state index < -0.39 is 11.9 Å². The van der Waals surface area contributed by atoms with Crippen LogP contribution in [0.15, 0.2) is 48.5 Å². The highest BCUT2D eigenvalue weighted by Gasteiger charge is 2.18. The summed E-state index contributed by atoms with van der Waals surface area (Å²) >= 11 is 0. The van der Waals surface area contributed by atoms with Crippen LogP contribution in [-0.2, 0) is 4.74 Å². The molecular weight excluding hydrogens is 304 g/mol. The van der Waals surface area contributed by atoms with Gasteiger partial charge in [0.1, 0.15) is 0 Å². The fourth-order valence-electron chi connectivity index (χ4n) is 2.03. The number of carbonyl (C=O) groups excluding carboxylic acids is 1. The van der Waals surface area contributed by atoms with E-state index in [9.17, 15) is 14.7 Å². The summed E-state index contributed by atoms with van der Waals surface area (Å²) in [6.07, 6.45) is 1.64. The molecule has 2 rings (SSSR count). The third-order valence-corrected chi connectivity index (χ3v) is 3.33. The van der Waals surface area contributed by atoms with E-state index in [4.69, 9.17) is 4.74 Å². The number of carbonyl (C=O) groups is 2. The van der Waals surface area contributed by atoms with Crippen molar-refractivity contribution in [3.63, 3.8) is 0 Å². The molecule has 0 aliphatic rings. The first-order valence-electron chi connectivity index (χ1n) is 7.73. The normalized spacial score (nSPS) is 9.71. The second-order valence-corrected chi connectivity index (χ2v) is 5.17. The smallest absolute Gasteiger partial charge is 0.339 e. The summed E-state index contributed by atoms with van der Waals surface area (Å²) < 4.78 is 5.09. The first kappa shape index (κ1) is 17.3. The Balaban J connectivity index is 2.25. The maximum absolute atomic E-state index is 12.0. The van der Waals surface area contributed by atoms with Crippen molar-refractivity contribution in [2.45, 2.75) is 19.8 Å². The molecule has 0 aliphatic carbocycles. The van der Waals surface area contributed by atoms with Crippen LogP contribution in [-0.4, -0.2) is 23.7 Å². The quantitative estimate of drug-likeness (QED) is 0.517. The summed E-state index contributed by atoms with van der Waals surface area (Å²) in [7, 11) is 0. The zero-order valence-electron chi connectivity index (χ0n) is 13.4. The molecule has 0 aliphatic heterocycles. The minimum atomic E-state index is -1.18. The van der Waals surface area contributed by atoms with Crippen molar-refractivity contribution in [3.05, 3.63) is 70.8 Å². The minimum absolute atomic E-state index is 0.0452. The Morgan fingerprint density at radius 1 is 1.00 bits per heavy atom. The number of unbranched alkanes of at least 4 members (excludes halogenated alkanes) is 1. The van der Waals surface area contributed by atoms with Gasteiger partial charge < -0.3 is 9.84 Å². The van der Waals surface area contributed by atoms with Crippen molar-refractivity contribution in [3.8, 4) is 11.8 Å². The standard InChI is InChI=1S/C20H18O4/c1-2-3-13-24-20(23)17-12-11-16(14-18(17)19(21)22)10-9-15-7-5-4-6-8-15/h4-8,11-12,14H,2-3,13H2,1H3,(H,21,22). The summed E-state index contributed by atoms with van der Waals surface area (Å²) in [5.74, 6) is 4.07. The maximum Gasteiger partial charge on any atom is 0.339 e. The Kier molecular flexibility index (Phi) is 6.16. The molecule has 0 amide bonds. The Morgan fingerprint density at radius 3 is 2.38 bits per heavy atom. The zero-order valence-corrected chi connectivity index (χ0v) is 13.4. The van der Waals surface area contributed by atoms with E-state index in [1.807, 2.05) is 37.3 Å². The molecule has 2 aromatic rings. The molecule has 1 N–H and O–H groups in total. The lowest BCUT2D eigenvalue weighted by Crippen LogP contribution is -2.12. The lowest BCUT2D eigenvalue weighted by Gasteiger charge is -2.07. The van der Waals surface area contributed by atoms with E-state index >= 15 is 0 Å². The molecule has 0 atom stereocenters. The van der Waals surface area contributed by atoms with Gasteiger partial charge in [0.25, 0.3) is 0 Å². The van der Waals surface area contributed by atoms with Crippen molar-refractivity contribution < 1.29 is 19.4 Å². The fourth-order valence-corrected chi connectivity index (χ4v) is 2.03. The first-order valence-corrected chi connectivity index (χ1v) is 7.73. The molecule has 0 fully saturated rings. The van der Waals surface area contributed by atoms with Crippen LogP contribution in [0, 0.1) is 11.8 Å². The van der Waals surface area contributed by atoms with Gasteiger partial charge in [0.2, 0.25) is 0 Å². The molecular formula is C20H18O4. The fraction of sp³-hybridized carbons (Fsp3) is 0.200. The van der Waals surface area contributed by atoms with Gasteiger partial charge in [-0.1, -0.05) is 43.4 Å². The van der Waals surface area contributed by atoms with Crippen LogP contribution in [0.1, 0.15) is 51.6 Å². The number of carboxylic acid groups (broad SMARTS) is 1. The molecule has 0 bridgehead atoms. The van der Waals surface area contributed by atoms with Gasteiger partial charge in [0.05, 0.1) is 17.7 Å². The molecule has 24 heavy (non-hydrogen) atoms. The predicted molar refractivity (Wildman–Crippen MR) is 91.0 cm³/mol. The van der Waals surface area contributed by atoms with Gasteiger partial charge in [-0.2, -0.15) is 0 Å². The summed E-state index contributed by atoms with van der Waals surface area (Å²) in [5.41, 5.74) is 1.30. The Morgan fingerprint density at radius 2 is 1.71 bits per heavy atom. The van der Waals surface area contributed by atoms with E-state index in [-0.39, 0.29) is 17.7 Å². The van der Waals surface area contributed by atoms with E-state index in [1.165, 1.54) is 12.1 Å². The van der Waals surface area contributed by atoms with E-state index in [0.29, 0.717) is 5.56 Å². The monoisotopic (exact) mass is 322 g/mol. The summed E-state index contributed by atoms with van der Waals surface area (Å²) in [6.45, 7) is 2.26. The summed E-state index contributed by atoms with van der Waals surface area (Å²) in [6, 6.07) is 13.9. The molecule has 0 spiro atoms. The van der Waals surface area contributed by atoms with Gasteiger partial charge in [0.15, 0.2) is 0 Å². The Bertz CT molecular complexity index is 782. The van der Waals surface area contributed by atoms with Gasteiger partial charge in [-0.25, -0.2) is 9.59 Å². The van der Waals surface area contributed by atoms with Gasteiger partial charge >= 0.3 is 11.9 Å². The van der Waals surface area contributed by atoms with Crippen LogP contribution in [0.25, 0.3) is 0 Å². The van der Waals surface area contributed by atoms with E-state index in [2.05, 4.69) is 11.8 Å². The number of benzene rings is 2. The molecule has 4 nitrogen and oxygen atoms in total. The van der Waals surface area contributed by atoms with Gasteiger partial charge in [-0.3, -0.25) is 0 Å². The topological polar surface area (TPSA) is 63.6 Å². The van der Waals surface area contributed by atoms with Crippen LogP contribution in [0.2, 0.25) is 0 Å². The van der Waals surface area contributed by atoms with Gasteiger partial charge in [-0.15, -0.1) is 0 Å². The molecule has 0 unspecified atom stereocenters. The van der Waals surface area contributed by atoms with Gasteiger partial charge in [-0.05, 0) is 36.8 Å². The highest BCUT2D eigenvalue weighted by atomic mass is 16.5. The van der Waals surface area contributed by atoms with E-state index in [1.54, 1.807) is 6.07 Å². The lowest BCUT2D eigenvalue weighted by molar-refractivity contribution is 0.0489. The van der Waals surface area contributed by atoms with E-state index in [0.717, 1.165) is 18.4 Å². The predicted octanol–water partition coefficient (Wildman–Crippen LogP) is 3.74. The Hall–Kier alpha value is -3.06. The second-order valence-electron chi connectivity index (χ2n) is 5.17. The second kappa shape index (κ2) is 8.54. The largest absolute Gasteiger partial charge is 0.478 e. The van der Waals surface area contributed by atoms with Crippen LogP contribution < -0.4 is 0 Å². The van der Waals surface area contributed by atoms with Crippen LogP contribution in [0.5, 0.6) is 0 Å². The zero-order chi connectivity index (χ0) is 17.4. The summed E-state index contributed by atoms with van der Waals surface area (Å²) in [4.78, 5) is 23.4. The van der Waals surface area contributed by atoms with Crippen molar-refractivity contribution in [2.75, 3.05) is 6.61 Å². The highest BCUT2D eigenvalue weighted by Crippen LogP contribution is 2.14. The molecule has 0 saturated heterocycles. The van der Waals surface area contributed by atoms with Crippen LogP contribution in [0.3, 0.4) is 0 Å². The number of esters is 1. The van der Waals surface area contributed by atoms with Crippen molar-refractivity contribution >= 4 is 11.9 Å². The van der Waals surface area contributed by atoms with Crippen LogP contribution in [0.4, 0.5) is 0 Å². The maximum atomic E-state index is 12.0. The number of aromatic carboxylic acids is 1. The first-order chi connectivity index (χ1) is 11.6. The average Bonchev–Trinajstić information content (AvgIpc) is 2.60. The molecule has 4 heteroatoms. The number of carboxylic acids is 1. The number of hydrogen-bond acceptors (Lipinski definition) is 3. The summed E-state index contributed by atoms with van der Waals surface area (Å²) in [5, 5.41) is 9.34. The molecule has 0 saturated carbocycles. The van der Waals surface area contributed by atoms with Crippen molar-refractivity contribution in [1.82, 2.24) is 0 Å². The molecule has 122 valence electrons. The molecule has 2 aromatic carbocycles. The number of hydrogen-bond donors (Lipinski definition) is 1. The minimum Gasteiger partial charge on any atom is -0.478 e. The molecule has 0 heterocycles. The third-order valence-electron chi connectivity index (χ3n) is 3.33. The number of ether oxygens (including phenoxy) is 1. The average molecular weight is 322 g/mol. The Labute approximate surface area is 141 Å². The van der Waals surface area contributed by atoms with Crippen LogP contribution >= 0.6 is 0 Å². The number of rotatable bonds is 5. The lowest BCUT2D eigenvalue weighted by atomic mass is 10.0. The highest BCUT2D eigenvalue weighted by molar-refractivity contribution is 6.02.